The number of methoxy groups -OCH3 is 1. The monoisotopic (exact) mass is 392 g/mol. The summed E-state index contributed by atoms with van der Waals surface area (Å²) in [5.41, 5.74) is 0.882. The van der Waals surface area contributed by atoms with E-state index < -0.39 is 5.82 Å². The molecule has 2 aromatic carbocycles. The number of carbonyl (C=O) groups excluding carboxylic acids is 1. The summed E-state index contributed by atoms with van der Waals surface area (Å²) in [5, 5.41) is 10.1. The third-order valence-electron chi connectivity index (χ3n) is 3.36. The zero-order valence-electron chi connectivity index (χ0n) is 13.6. The van der Waals surface area contributed by atoms with Crippen molar-refractivity contribution in [3.8, 4) is 17.1 Å². The van der Waals surface area contributed by atoms with Crippen molar-refractivity contribution in [2.45, 2.75) is 5.16 Å². The summed E-state index contributed by atoms with van der Waals surface area (Å²) in [5.74, 6) is 0.300. The molecule has 0 aliphatic heterocycles. The van der Waals surface area contributed by atoms with Gasteiger partial charge in [-0.15, -0.1) is 5.10 Å². The Hall–Kier alpha value is -2.58. The molecule has 0 radical (unpaired) electrons. The van der Waals surface area contributed by atoms with Gasteiger partial charge in [0.1, 0.15) is 11.6 Å². The van der Waals surface area contributed by atoms with E-state index >= 15 is 0 Å². The van der Waals surface area contributed by atoms with Crippen molar-refractivity contribution in [3.05, 3.63) is 53.3 Å². The molecule has 134 valence electrons. The molecular formula is C17H14ClFN4O2S. The van der Waals surface area contributed by atoms with Crippen molar-refractivity contribution in [1.29, 1.82) is 0 Å². The van der Waals surface area contributed by atoms with Crippen molar-refractivity contribution in [2.24, 2.45) is 0 Å². The fourth-order valence-electron chi connectivity index (χ4n) is 2.16. The lowest BCUT2D eigenvalue weighted by molar-refractivity contribution is -0.113. The first kappa shape index (κ1) is 18.2. The van der Waals surface area contributed by atoms with Crippen LogP contribution < -0.4 is 10.1 Å². The zero-order valence-corrected chi connectivity index (χ0v) is 15.2. The molecule has 0 bridgehead atoms. The second kappa shape index (κ2) is 8.20. The van der Waals surface area contributed by atoms with Gasteiger partial charge < -0.3 is 10.1 Å². The molecule has 0 saturated heterocycles. The SMILES string of the molecule is COc1ccc(NC(=O)CSc2n[nH]c(-c3ccccc3F)n2)cc1Cl. The summed E-state index contributed by atoms with van der Waals surface area (Å²) in [6.45, 7) is 0. The highest BCUT2D eigenvalue weighted by Gasteiger charge is 2.12. The zero-order chi connectivity index (χ0) is 18.5. The molecule has 9 heteroatoms. The Labute approximate surface area is 158 Å². The van der Waals surface area contributed by atoms with Crippen LogP contribution in [0.25, 0.3) is 11.4 Å². The second-order valence-corrected chi connectivity index (χ2v) is 6.48. The quantitative estimate of drug-likeness (QED) is 0.620. The molecule has 0 saturated carbocycles. The van der Waals surface area contributed by atoms with E-state index in [-0.39, 0.29) is 11.7 Å². The Kier molecular flexibility index (Phi) is 5.75. The number of aromatic amines is 1. The van der Waals surface area contributed by atoms with Crippen molar-refractivity contribution in [1.82, 2.24) is 15.2 Å². The van der Waals surface area contributed by atoms with Crippen LogP contribution in [0.3, 0.4) is 0 Å². The van der Waals surface area contributed by atoms with E-state index in [1.807, 2.05) is 0 Å². The summed E-state index contributed by atoms with van der Waals surface area (Å²) in [6, 6.07) is 11.2. The molecule has 3 rings (SSSR count). The maximum atomic E-state index is 13.7. The lowest BCUT2D eigenvalue weighted by atomic mass is 10.2. The minimum Gasteiger partial charge on any atom is -0.495 e. The van der Waals surface area contributed by atoms with Crippen LogP contribution >= 0.6 is 23.4 Å². The third kappa shape index (κ3) is 4.33. The molecule has 1 aromatic heterocycles. The number of H-pyrrole nitrogens is 1. The van der Waals surface area contributed by atoms with E-state index in [2.05, 4.69) is 20.5 Å². The first-order valence-electron chi connectivity index (χ1n) is 7.50. The van der Waals surface area contributed by atoms with Gasteiger partial charge in [0.15, 0.2) is 5.82 Å². The van der Waals surface area contributed by atoms with E-state index in [4.69, 9.17) is 16.3 Å². The number of halogens is 2. The highest BCUT2D eigenvalue weighted by Crippen LogP contribution is 2.27. The molecule has 2 N–H and O–H groups in total. The summed E-state index contributed by atoms with van der Waals surface area (Å²) in [7, 11) is 1.52. The number of nitrogens with one attached hydrogen (secondary N) is 2. The Morgan fingerprint density at radius 2 is 2.15 bits per heavy atom. The van der Waals surface area contributed by atoms with Gasteiger partial charge in [-0.05, 0) is 30.3 Å². The summed E-state index contributed by atoms with van der Waals surface area (Å²) in [6.07, 6.45) is 0. The van der Waals surface area contributed by atoms with Gasteiger partial charge >= 0.3 is 0 Å². The molecule has 1 amide bonds. The van der Waals surface area contributed by atoms with Gasteiger partial charge in [0.2, 0.25) is 11.1 Å². The topological polar surface area (TPSA) is 79.9 Å². The Bertz CT molecular complexity index is 935. The number of rotatable bonds is 6. The maximum absolute atomic E-state index is 13.7. The number of carbonyl (C=O) groups is 1. The highest BCUT2D eigenvalue weighted by atomic mass is 35.5. The van der Waals surface area contributed by atoms with Gasteiger partial charge in [0.05, 0.1) is 23.4 Å². The first-order chi connectivity index (χ1) is 12.6. The van der Waals surface area contributed by atoms with Crippen molar-refractivity contribution < 1.29 is 13.9 Å². The number of amides is 1. The van der Waals surface area contributed by atoms with Crippen molar-refractivity contribution in [2.75, 3.05) is 18.2 Å². The average Bonchev–Trinajstić information content (AvgIpc) is 3.09. The minimum absolute atomic E-state index is 0.0954. The second-order valence-electron chi connectivity index (χ2n) is 5.13. The van der Waals surface area contributed by atoms with Crippen LogP contribution in [0.4, 0.5) is 10.1 Å². The minimum atomic E-state index is -0.394. The molecule has 6 nitrogen and oxygen atoms in total. The van der Waals surface area contributed by atoms with Gasteiger partial charge in [-0.1, -0.05) is 35.5 Å². The normalized spacial score (nSPS) is 10.6. The van der Waals surface area contributed by atoms with Crippen molar-refractivity contribution >= 4 is 35.0 Å². The fourth-order valence-corrected chi connectivity index (χ4v) is 3.01. The van der Waals surface area contributed by atoms with E-state index in [1.54, 1.807) is 36.4 Å². The largest absolute Gasteiger partial charge is 0.495 e. The molecule has 0 fully saturated rings. The molecule has 1 heterocycles. The van der Waals surface area contributed by atoms with Gasteiger partial charge in [0.25, 0.3) is 0 Å². The predicted octanol–water partition coefficient (Wildman–Crippen LogP) is 4.00. The van der Waals surface area contributed by atoms with Crippen LogP contribution in [0.2, 0.25) is 5.02 Å². The third-order valence-corrected chi connectivity index (χ3v) is 4.50. The highest BCUT2D eigenvalue weighted by molar-refractivity contribution is 7.99. The number of hydrogen-bond donors (Lipinski definition) is 2. The fraction of sp³-hybridized carbons (Fsp3) is 0.118. The van der Waals surface area contributed by atoms with E-state index in [0.29, 0.717) is 33.0 Å². The molecule has 0 atom stereocenters. The molecule has 0 aliphatic carbocycles. The van der Waals surface area contributed by atoms with Crippen molar-refractivity contribution in [3.63, 3.8) is 0 Å². The Morgan fingerprint density at radius 3 is 2.88 bits per heavy atom. The number of anilines is 1. The van der Waals surface area contributed by atoms with Gasteiger partial charge in [-0.25, -0.2) is 9.37 Å². The maximum Gasteiger partial charge on any atom is 0.234 e. The molecule has 3 aromatic rings. The summed E-state index contributed by atoms with van der Waals surface area (Å²) >= 11 is 7.16. The van der Waals surface area contributed by atoms with Gasteiger partial charge in [-0.3, -0.25) is 9.89 Å². The first-order valence-corrected chi connectivity index (χ1v) is 8.86. The molecule has 0 spiro atoms. The number of thioether (sulfide) groups is 1. The molecule has 0 aliphatic rings. The number of hydrogen-bond acceptors (Lipinski definition) is 5. The predicted molar refractivity (Wildman–Crippen MR) is 99.1 cm³/mol. The lowest BCUT2D eigenvalue weighted by Gasteiger charge is -2.07. The van der Waals surface area contributed by atoms with Crippen LogP contribution in [0.1, 0.15) is 0 Å². The van der Waals surface area contributed by atoms with Crippen LogP contribution in [0, 0.1) is 5.82 Å². The van der Waals surface area contributed by atoms with Crippen LogP contribution in [-0.2, 0) is 4.79 Å². The molecule has 0 unspecified atom stereocenters. The summed E-state index contributed by atoms with van der Waals surface area (Å²) < 4.78 is 18.8. The molecule has 26 heavy (non-hydrogen) atoms. The smallest absolute Gasteiger partial charge is 0.234 e. The Balaban J connectivity index is 1.58. The van der Waals surface area contributed by atoms with Crippen LogP contribution in [0.5, 0.6) is 5.75 Å². The lowest BCUT2D eigenvalue weighted by Crippen LogP contribution is -2.14. The number of ether oxygens (including phenoxy) is 1. The number of benzene rings is 2. The van der Waals surface area contributed by atoms with Crippen LogP contribution in [-0.4, -0.2) is 34.0 Å². The van der Waals surface area contributed by atoms with Gasteiger partial charge in [0, 0.05) is 5.69 Å². The van der Waals surface area contributed by atoms with E-state index in [9.17, 15) is 9.18 Å². The van der Waals surface area contributed by atoms with E-state index in [0.717, 1.165) is 11.8 Å². The molecular weight excluding hydrogens is 379 g/mol. The number of nitrogens with zero attached hydrogens (tertiary/aromatic N) is 2. The summed E-state index contributed by atoms with van der Waals surface area (Å²) in [4.78, 5) is 16.2. The average molecular weight is 393 g/mol. The standard InChI is InChI=1S/C17H14ClFN4O2S/c1-25-14-7-6-10(8-12(14)18)20-15(24)9-26-17-21-16(22-23-17)11-4-2-3-5-13(11)19/h2-8H,9H2,1H3,(H,20,24)(H,21,22,23). The van der Waals surface area contributed by atoms with Gasteiger partial charge in [-0.2, -0.15) is 0 Å². The van der Waals surface area contributed by atoms with Crippen LogP contribution in [0.15, 0.2) is 47.6 Å². The Morgan fingerprint density at radius 1 is 1.35 bits per heavy atom. The van der Waals surface area contributed by atoms with E-state index in [1.165, 1.54) is 13.2 Å². The number of aromatic nitrogens is 3.